The first kappa shape index (κ1) is 30.4. The molecule has 10 rings (SSSR count). The van der Waals surface area contributed by atoms with Gasteiger partial charge in [-0.15, -0.1) is 0 Å². The van der Waals surface area contributed by atoms with E-state index in [1.807, 2.05) is 0 Å². The first-order valence-electron chi connectivity index (χ1n) is 17.9. The van der Waals surface area contributed by atoms with Crippen LogP contribution in [0.15, 0.2) is 164 Å². The van der Waals surface area contributed by atoms with E-state index >= 15 is 0 Å². The summed E-state index contributed by atoms with van der Waals surface area (Å²) < 4.78 is 2.93. The molecule has 0 N–H and O–H groups in total. The Kier molecular flexibility index (Phi) is 6.87. The molecule has 1 heteroatoms. The summed E-state index contributed by atoms with van der Waals surface area (Å²) in [6.45, 7) is 7.03. The standard InChI is InChI=1S/C50H36Se/c1-50(2,3)49-39-24-13-11-22-37(39)46(38-23-12-14-25-40(38)49)32-28-29-41-44(30-32)51-43-27-15-26-42(48(41)43)47-35-20-9-7-18-33(35)45(31-16-5-4-6-17-31)34-19-8-10-21-36(34)47/h4-30H,1-3H3. The van der Waals surface area contributed by atoms with Crippen molar-refractivity contribution in [3.05, 3.63) is 169 Å². The molecule has 0 aliphatic carbocycles. The Morgan fingerprint density at radius 2 is 0.824 bits per heavy atom. The molecule has 0 saturated carbocycles. The second-order valence-electron chi connectivity index (χ2n) is 14.8. The molecule has 1 aromatic heterocycles. The molecule has 10 aromatic rings. The average Bonchev–Trinajstić information content (AvgIpc) is 3.54. The van der Waals surface area contributed by atoms with Crippen LogP contribution < -0.4 is 0 Å². The van der Waals surface area contributed by atoms with E-state index in [1.165, 1.54) is 101 Å². The Morgan fingerprint density at radius 1 is 0.353 bits per heavy atom. The zero-order valence-corrected chi connectivity index (χ0v) is 30.7. The number of fused-ring (bicyclic) bond motifs is 7. The Labute approximate surface area is 304 Å². The monoisotopic (exact) mass is 716 g/mol. The number of benzene rings is 9. The van der Waals surface area contributed by atoms with Crippen LogP contribution in [0.2, 0.25) is 0 Å². The van der Waals surface area contributed by atoms with Gasteiger partial charge in [0.1, 0.15) is 0 Å². The van der Waals surface area contributed by atoms with Crippen molar-refractivity contribution >= 4 is 76.9 Å². The molecular weight excluding hydrogens is 680 g/mol. The Hall–Kier alpha value is -5.46. The van der Waals surface area contributed by atoms with E-state index in [9.17, 15) is 0 Å². The van der Waals surface area contributed by atoms with Crippen molar-refractivity contribution in [2.45, 2.75) is 26.2 Å². The van der Waals surface area contributed by atoms with Crippen molar-refractivity contribution in [3.8, 4) is 33.4 Å². The van der Waals surface area contributed by atoms with Crippen LogP contribution in [0.5, 0.6) is 0 Å². The minimum atomic E-state index is 0.0183. The fraction of sp³-hybridized carbons (Fsp3) is 0.0800. The molecule has 0 aliphatic heterocycles. The molecule has 1 heterocycles. The Bertz CT molecular complexity index is 2880. The van der Waals surface area contributed by atoms with E-state index in [4.69, 9.17) is 0 Å². The van der Waals surface area contributed by atoms with Crippen molar-refractivity contribution in [2.75, 3.05) is 0 Å². The van der Waals surface area contributed by atoms with Crippen LogP contribution in [0.4, 0.5) is 0 Å². The van der Waals surface area contributed by atoms with Crippen molar-refractivity contribution in [2.24, 2.45) is 0 Å². The first-order valence-corrected chi connectivity index (χ1v) is 19.6. The van der Waals surface area contributed by atoms with Gasteiger partial charge in [0.05, 0.1) is 0 Å². The molecule has 0 saturated heterocycles. The minimum absolute atomic E-state index is 0.0183. The third kappa shape index (κ3) is 4.66. The third-order valence-corrected chi connectivity index (χ3v) is 13.1. The molecule has 0 unspecified atom stereocenters. The molecule has 0 atom stereocenters. The summed E-state index contributed by atoms with van der Waals surface area (Å²) in [5, 5.41) is 13.4. The van der Waals surface area contributed by atoms with Gasteiger partial charge in [0.15, 0.2) is 0 Å². The molecule has 51 heavy (non-hydrogen) atoms. The third-order valence-electron chi connectivity index (χ3n) is 10.7. The van der Waals surface area contributed by atoms with Crippen LogP contribution in [0.1, 0.15) is 26.3 Å². The van der Waals surface area contributed by atoms with E-state index in [0.29, 0.717) is 0 Å². The van der Waals surface area contributed by atoms with Crippen LogP contribution in [-0.4, -0.2) is 14.5 Å². The van der Waals surface area contributed by atoms with Gasteiger partial charge >= 0.3 is 306 Å². The molecule has 0 amide bonds. The van der Waals surface area contributed by atoms with Crippen LogP contribution in [0.25, 0.3) is 95.8 Å². The molecule has 0 aliphatic rings. The molecule has 0 spiro atoms. The summed E-state index contributed by atoms with van der Waals surface area (Å²) >= 11 is 0.198. The molecule has 0 radical (unpaired) electrons. The van der Waals surface area contributed by atoms with Gasteiger partial charge in [0, 0.05) is 0 Å². The Morgan fingerprint density at radius 3 is 1.37 bits per heavy atom. The van der Waals surface area contributed by atoms with Gasteiger partial charge < -0.3 is 0 Å². The molecule has 0 fully saturated rings. The van der Waals surface area contributed by atoms with Gasteiger partial charge in [-0.3, -0.25) is 0 Å². The van der Waals surface area contributed by atoms with Gasteiger partial charge in [-0.1, -0.05) is 0 Å². The maximum absolute atomic E-state index is 2.51. The zero-order valence-electron chi connectivity index (χ0n) is 29.0. The van der Waals surface area contributed by atoms with Gasteiger partial charge in [0.2, 0.25) is 0 Å². The summed E-state index contributed by atoms with van der Waals surface area (Å²) in [7, 11) is 0. The Balaban J connectivity index is 1.26. The molecule has 0 bridgehead atoms. The van der Waals surface area contributed by atoms with Crippen molar-refractivity contribution in [3.63, 3.8) is 0 Å². The SMILES string of the molecule is CC(C)(C)c1c2ccccc2c(-c2ccc3c(c2)[se]c2cccc(-c4c5ccccc5c(-c5ccccc5)c5ccccc45)c23)c2ccccc12. The van der Waals surface area contributed by atoms with Gasteiger partial charge in [-0.05, 0) is 0 Å². The average molecular weight is 716 g/mol. The van der Waals surface area contributed by atoms with E-state index in [2.05, 4.69) is 185 Å². The first-order chi connectivity index (χ1) is 25.0. The molecule has 0 nitrogen and oxygen atoms in total. The number of hydrogen-bond donors (Lipinski definition) is 0. The second kappa shape index (κ2) is 11.5. The molecule has 242 valence electrons. The van der Waals surface area contributed by atoms with Gasteiger partial charge in [-0.2, -0.15) is 0 Å². The van der Waals surface area contributed by atoms with Crippen LogP contribution >= 0.6 is 0 Å². The topological polar surface area (TPSA) is 0 Å². The quantitative estimate of drug-likeness (QED) is 0.126. The predicted molar refractivity (Wildman–Crippen MR) is 223 cm³/mol. The number of rotatable bonds is 3. The van der Waals surface area contributed by atoms with E-state index in [0.717, 1.165) is 0 Å². The fourth-order valence-electron chi connectivity index (χ4n) is 8.77. The van der Waals surface area contributed by atoms with Crippen molar-refractivity contribution in [1.82, 2.24) is 0 Å². The summed E-state index contributed by atoms with van der Waals surface area (Å²) in [5.74, 6) is 0. The second-order valence-corrected chi connectivity index (χ2v) is 17.1. The summed E-state index contributed by atoms with van der Waals surface area (Å²) in [4.78, 5) is 0. The zero-order chi connectivity index (χ0) is 34.3. The van der Waals surface area contributed by atoms with Crippen molar-refractivity contribution in [1.29, 1.82) is 0 Å². The van der Waals surface area contributed by atoms with Gasteiger partial charge in [0.25, 0.3) is 0 Å². The summed E-state index contributed by atoms with van der Waals surface area (Å²) in [5.41, 5.74) is 9.33. The van der Waals surface area contributed by atoms with Crippen LogP contribution in [0.3, 0.4) is 0 Å². The van der Waals surface area contributed by atoms with E-state index in [-0.39, 0.29) is 19.9 Å². The maximum atomic E-state index is 2.51. The molecule has 9 aromatic carbocycles. The molecular formula is C50H36Se. The normalized spacial score (nSPS) is 12.2. The summed E-state index contributed by atoms with van der Waals surface area (Å²) in [6, 6.07) is 61.3. The van der Waals surface area contributed by atoms with Crippen LogP contribution in [0, 0.1) is 0 Å². The van der Waals surface area contributed by atoms with E-state index < -0.39 is 0 Å². The fourth-order valence-corrected chi connectivity index (χ4v) is 11.2. The predicted octanol–water partition coefficient (Wildman–Crippen LogP) is 14.0. The van der Waals surface area contributed by atoms with Gasteiger partial charge in [-0.25, -0.2) is 0 Å². The summed E-state index contributed by atoms with van der Waals surface area (Å²) in [6.07, 6.45) is 0. The van der Waals surface area contributed by atoms with E-state index in [1.54, 1.807) is 0 Å². The van der Waals surface area contributed by atoms with Crippen LogP contribution in [-0.2, 0) is 5.41 Å². The number of hydrogen-bond acceptors (Lipinski definition) is 0. The van der Waals surface area contributed by atoms with Crippen molar-refractivity contribution < 1.29 is 0 Å².